The highest BCUT2D eigenvalue weighted by atomic mass is 15.2. The molecule has 0 spiro atoms. The fraction of sp³-hybridized carbons (Fsp3) is 1.00. The minimum absolute atomic E-state index is 0.185. The Kier molecular flexibility index (Phi) is 2.79. The van der Waals surface area contributed by atoms with E-state index in [0.717, 1.165) is 12.5 Å². The minimum Gasteiger partial charge on any atom is -0.329 e. The molecule has 0 saturated carbocycles. The van der Waals surface area contributed by atoms with E-state index in [1.165, 1.54) is 13.0 Å². The maximum Gasteiger partial charge on any atom is 0.0278 e. The molecule has 12 heavy (non-hydrogen) atoms. The molecule has 0 aliphatic carbocycles. The van der Waals surface area contributed by atoms with Gasteiger partial charge in [0.2, 0.25) is 0 Å². The fourth-order valence-corrected chi connectivity index (χ4v) is 2.26. The van der Waals surface area contributed by atoms with E-state index in [4.69, 9.17) is 5.73 Å². The first-order chi connectivity index (χ1) is 5.47. The van der Waals surface area contributed by atoms with Gasteiger partial charge in [0.15, 0.2) is 0 Å². The zero-order chi connectivity index (χ0) is 9.35. The summed E-state index contributed by atoms with van der Waals surface area (Å²) in [5, 5.41) is 0. The van der Waals surface area contributed by atoms with Gasteiger partial charge in [0, 0.05) is 24.7 Å². The molecule has 1 saturated heterocycles. The zero-order valence-electron chi connectivity index (χ0n) is 8.80. The molecule has 2 nitrogen and oxygen atoms in total. The molecule has 72 valence electrons. The third-order valence-corrected chi connectivity index (χ3v) is 3.06. The van der Waals surface area contributed by atoms with Gasteiger partial charge in [-0.2, -0.15) is 0 Å². The van der Waals surface area contributed by atoms with Crippen LogP contribution < -0.4 is 5.73 Å². The van der Waals surface area contributed by atoms with Gasteiger partial charge in [-0.1, -0.05) is 6.92 Å². The van der Waals surface area contributed by atoms with Crippen LogP contribution in [-0.2, 0) is 0 Å². The maximum atomic E-state index is 5.75. The van der Waals surface area contributed by atoms with Crippen LogP contribution in [0.4, 0.5) is 0 Å². The molecule has 0 amide bonds. The Bertz CT molecular complexity index is 154. The molecule has 2 unspecified atom stereocenters. The summed E-state index contributed by atoms with van der Waals surface area (Å²) in [7, 11) is 0. The Balaban J connectivity index is 2.63. The van der Waals surface area contributed by atoms with E-state index < -0.39 is 0 Å². The van der Waals surface area contributed by atoms with Crippen LogP contribution in [0.3, 0.4) is 0 Å². The standard InChI is InChI=1S/C10H22N2/c1-8-5-9(2)12(6-8)10(3,4)7-11/h8-9H,5-7,11H2,1-4H3. The van der Waals surface area contributed by atoms with Gasteiger partial charge in [-0.15, -0.1) is 0 Å². The summed E-state index contributed by atoms with van der Waals surface area (Å²) in [6.07, 6.45) is 1.32. The van der Waals surface area contributed by atoms with E-state index in [0.29, 0.717) is 6.04 Å². The van der Waals surface area contributed by atoms with Crippen LogP contribution >= 0.6 is 0 Å². The van der Waals surface area contributed by atoms with E-state index in [1.54, 1.807) is 0 Å². The largest absolute Gasteiger partial charge is 0.329 e. The molecule has 2 N–H and O–H groups in total. The molecular weight excluding hydrogens is 148 g/mol. The number of hydrogen-bond donors (Lipinski definition) is 1. The second-order valence-electron chi connectivity index (χ2n) is 4.86. The van der Waals surface area contributed by atoms with Gasteiger partial charge in [-0.25, -0.2) is 0 Å². The van der Waals surface area contributed by atoms with Crippen molar-refractivity contribution in [2.24, 2.45) is 11.7 Å². The van der Waals surface area contributed by atoms with Crippen LogP contribution in [0.1, 0.15) is 34.1 Å². The highest BCUT2D eigenvalue weighted by molar-refractivity contribution is 4.91. The molecule has 1 heterocycles. The molecule has 1 aliphatic heterocycles. The van der Waals surface area contributed by atoms with Crippen LogP contribution in [0.15, 0.2) is 0 Å². The Morgan fingerprint density at radius 1 is 1.42 bits per heavy atom. The zero-order valence-corrected chi connectivity index (χ0v) is 8.80. The van der Waals surface area contributed by atoms with Gasteiger partial charge in [0.25, 0.3) is 0 Å². The summed E-state index contributed by atoms with van der Waals surface area (Å²) >= 11 is 0. The highest BCUT2D eigenvalue weighted by Crippen LogP contribution is 2.28. The van der Waals surface area contributed by atoms with E-state index in [2.05, 4.69) is 32.6 Å². The summed E-state index contributed by atoms with van der Waals surface area (Å²) in [4.78, 5) is 2.54. The third-order valence-electron chi connectivity index (χ3n) is 3.06. The van der Waals surface area contributed by atoms with Crippen LogP contribution in [0.25, 0.3) is 0 Å². The van der Waals surface area contributed by atoms with E-state index in [-0.39, 0.29) is 5.54 Å². The lowest BCUT2D eigenvalue weighted by Gasteiger charge is -2.37. The number of nitrogens with two attached hydrogens (primary N) is 1. The molecule has 1 fully saturated rings. The molecule has 2 heteroatoms. The third kappa shape index (κ3) is 1.80. The minimum atomic E-state index is 0.185. The first-order valence-corrected chi connectivity index (χ1v) is 4.94. The predicted molar refractivity (Wildman–Crippen MR) is 53.1 cm³/mol. The van der Waals surface area contributed by atoms with Gasteiger partial charge >= 0.3 is 0 Å². The highest BCUT2D eigenvalue weighted by Gasteiger charge is 2.35. The number of nitrogens with zero attached hydrogens (tertiary/aromatic N) is 1. The maximum absolute atomic E-state index is 5.75. The Morgan fingerprint density at radius 2 is 2.00 bits per heavy atom. The van der Waals surface area contributed by atoms with Crippen LogP contribution in [-0.4, -0.2) is 29.6 Å². The Labute approximate surface area is 76.1 Å². The fourth-order valence-electron chi connectivity index (χ4n) is 2.26. The topological polar surface area (TPSA) is 29.3 Å². The Hall–Kier alpha value is -0.0800. The molecule has 0 aromatic carbocycles. The molecule has 0 aromatic heterocycles. The van der Waals surface area contributed by atoms with Crippen molar-refractivity contribution in [3.63, 3.8) is 0 Å². The monoisotopic (exact) mass is 170 g/mol. The second-order valence-corrected chi connectivity index (χ2v) is 4.86. The summed E-state index contributed by atoms with van der Waals surface area (Å²) in [6, 6.07) is 0.707. The van der Waals surface area contributed by atoms with Gasteiger partial charge in [-0.3, -0.25) is 4.90 Å². The predicted octanol–water partition coefficient (Wildman–Crippen LogP) is 1.45. The normalized spacial score (nSPS) is 32.8. The van der Waals surface area contributed by atoms with Gasteiger partial charge in [0.1, 0.15) is 0 Å². The average Bonchev–Trinajstić information content (AvgIpc) is 2.31. The van der Waals surface area contributed by atoms with Crippen molar-refractivity contribution in [3.05, 3.63) is 0 Å². The van der Waals surface area contributed by atoms with E-state index >= 15 is 0 Å². The second kappa shape index (κ2) is 3.35. The van der Waals surface area contributed by atoms with Gasteiger partial charge in [-0.05, 0) is 33.1 Å². The molecule has 0 aromatic rings. The van der Waals surface area contributed by atoms with Crippen LogP contribution in [0.5, 0.6) is 0 Å². The van der Waals surface area contributed by atoms with E-state index in [1.807, 2.05) is 0 Å². The smallest absolute Gasteiger partial charge is 0.0278 e. The van der Waals surface area contributed by atoms with Gasteiger partial charge in [0.05, 0.1) is 0 Å². The van der Waals surface area contributed by atoms with Crippen molar-refractivity contribution in [1.29, 1.82) is 0 Å². The molecular formula is C10H22N2. The SMILES string of the molecule is CC1CC(C)N(C(C)(C)CN)C1. The summed E-state index contributed by atoms with van der Waals surface area (Å²) in [5.74, 6) is 0.839. The summed E-state index contributed by atoms with van der Waals surface area (Å²) in [6.45, 7) is 11.1. The van der Waals surface area contributed by atoms with Crippen molar-refractivity contribution in [2.45, 2.75) is 45.7 Å². The Morgan fingerprint density at radius 3 is 2.33 bits per heavy atom. The summed E-state index contributed by atoms with van der Waals surface area (Å²) < 4.78 is 0. The molecule has 1 rings (SSSR count). The first kappa shape index (κ1) is 10.0. The van der Waals surface area contributed by atoms with Crippen molar-refractivity contribution in [2.75, 3.05) is 13.1 Å². The van der Waals surface area contributed by atoms with Crippen molar-refractivity contribution in [3.8, 4) is 0 Å². The number of likely N-dealkylation sites (tertiary alicyclic amines) is 1. The molecule has 0 bridgehead atoms. The van der Waals surface area contributed by atoms with E-state index in [9.17, 15) is 0 Å². The first-order valence-electron chi connectivity index (χ1n) is 4.94. The van der Waals surface area contributed by atoms with Crippen LogP contribution in [0.2, 0.25) is 0 Å². The number of hydrogen-bond acceptors (Lipinski definition) is 2. The molecule has 1 aliphatic rings. The van der Waals surface area contributed by atoms with Crippen molar-refractivity contribution >= 4 is 0 Å². The lowest BCUT2D eigenvalue weighted by atomic mass is 10.0. The van der Waals surface area contributed by atoms with Gasteiger partial charge < -0.3 is 5.73 Å². The number of rotatable bonds is 2. The lowest BCUT2D eigenvalue weighted by Crippen LogP contribution is -2.50. The van der Waals surface area contributed by atoms with Crippen LogP contribution in [0, 0.1) is 5.92 Å². The quantitative estimate of drug-likeness (QED) is 0.679. The summed E-state index contributed by atoms with van der Waals surface area (Å²) in [5.41, 5.74) is 5.94. The lowest BCUT2D eigenvalue weighted by molar-refractivity contribution is 0.118. The van der Waals surface area contributed by atoms with Crippen molar-refractivity contribution < 1.29 is 0 Å². The molecule has 2 atom stereocenters. The van der Waals surface area contributed by atoms with Crippen molar-refractivity contribution in [1.82, 2.24) is 4.90 Å². The average molecular weight is 170 g/mol. The molecule has 0 radical (unpaired) electrons.